The van der Waals surface area contributed by atoms with Crippen molar-refractivity contribution in [1.82, 2.24) is 0 Å². The van der Waals surface area contributed by atoms with E-state index in [2.05, 4.69) is 50.0 Å². The molecule has 1 unspecified atom stereocenters. The van der Waals surface area contributed by atoms with Crippen molar-refractivity contribution in [2.75, 3.05) is 0 Å². The minimum absolute atomic E-state index is 0.396. The van der Waals surface area contributed by atoms with Crippen LogP contribution in [0, 0.1) is 11.8 Å². The van der Waals surface area contributed by atoms with Crippen LogP contribution in [-0.2, 0) is 4.79 Å². The van der Waals surface area contributed by atoms with Gasteiger partial charge in [-0.15, -0.1) is 0 Å². The summed E-state index contributed by atoms with van der Waals surface area (Å²) >= 11 is 0.527. The summed E-state index contributed by atoms with van der Waals surface area (Å²) in [6.45, 7) is 9.40. The van der Waals surface area contributed by atoms with Crippen molar-refractivity contribution in [3.05, 3.63) is 30.3 Å². The molecule has 3 atom stereocenters. The molecular weight excluding hydrogens is 315 g/mol. The molecule has 104 valence electrons. The molecule has 1 aliphatic rings. The Morgan fingerprint density at radius 2 is 1.95 bits per heavy atom. The van der Waals surface area contributed by atoms with E-state index in [1.54, 1.807) is 0 Å². The number of hydrogen-bond donors (Lipinski definition) is 0. The van der Waals surface area contributed by atoms with Crippen molar-refractivity contribution in [2.24, 2.45) is 11.8 Å². The number of carbonyl (C=O) groups is 1. The van der Waals surface area contributed by atoms with E-state index in [0.717, 1.165) is 17.3 Å². The van der Waals surface area contributed by atoms with Gasteiger partial charge >= 0.3 is 124 Å². The van der Waals surface area contributed by atoms with Crippen molar-refractivity contribution in [1.29, 1.82) is 0 Å². The van der Waals surface area contributed by atoms with E-state index in [1.165, 1.54) is 4.46 Å². The van der Waals surface area contributed by atoms with Crippen LogP contribution in [0.3, 0.4) is 0 Å². The molecule has 2 rings (SSSR count). The summed E-state index contributed by atoms with van der Waals surface area (Å²) in [6.07, 6.45) is 1.88. The second-order valence-electron chi connectivity index (χ2n) is 6.54. The summed E-state index contributed by atoms with van der Waals surface area (Å²) in [7, 11) is -1.19. The van der Waals surface area contributed by atoms with Gasteiger partial charge in [0.1, 0.15) is 0 Å². The van der Waals surface area contributed by atoms with Gasteiger partial charge in [-0.3, -0.25) is 0 Å². The molecule has 0 aliphatic heterocycles. The van der Waals surface area contributed by atoms with Gasteiger partial charge in [-0.25, -0.2) is 0 Å². The fourth-order valence-electron chi connectivity index (χ4n) is 2.73. The van der Waals surface area contributed by atoms with Crippen molar-refractivity contribution < 1.29 is 4.79 Å². The molecule has 1 aromatic carbocycles. The normalized spacial score (nSPS) is 24.0. The third kappa shape index (κ3) is 3.81. The van der Waals surface area contributed by atoms with Gasteiger partial charge in [0.05, 0.1) is 0 Å². The van der Waals surface area contributed by atoms with Gasteiger partial charge in [0.2, 0.25) is 0 Å². The summed E-state index contributed by atoms with van der Waals surface area (Å²) in [6, 6.07) is 10.9. The molecule has 0 spiro atoms. The second kappa shape index (κ2) is 5.95. The van der Waals surface area contributed by atoms with Crippen molar-refractivity contribution in [3.8, 4) is 0 Å². The molecule has 1 aromatic rings. The van der Waals surface area contributed by atoms with Gasteiger partial charge in [-0.05, 0) is 0 Å². The monoisotopic (exact) mass is 340 g/mol. The molecule has 3 heteroatoms. The maximum atomic E-state index is 11.9. The van der Waals surface area contributed by atoms with Crippen LogP contribution >= 0.6 is 0 Å². The predicted octanol–water partition coefficient (Wildman–Crippen LogP) is 3.30. The van der Waals surface area contributed by atoms with Crippen LogP contribution in [0.2, 0.25) is 24.1 Å². The Balaban J connectivity index is 2.09. The topological polar surface area (TPSA) is 17.1 Å². The van der Waals surface area contributed by atoms with Gasteiger partial charge in [0.25, 0.3) is 0 Å². The first-order valence-electron chi connectivity index (χ1n) is 7.18. The van der Waals surface area contributed by atoms with Gasteiger partial charge in [0, 0.05) is 0 Å². The third-order valence-electron chi connectivity index (χ3n) is 3.85. The molecule has 19 heavy (non-hydrogen) atoms. The molecule has 0 bridgehead atoms. The fourth-order valence-corrected chi connectivity index (χ4v) is 9.94. The maximum absolute atomic E-state index is 11.9. The van der Waals surface area contributed by atoms with Crippen molar-refractivity contribution in [2.45, 2.75) is 43.8 Å². The fraction of sp³-hybridized carbons (Fsp3) is 0.562. The van der Waals surface area contributed by atoms with Crippen LogP contribution in [0.25, 0.3) is 0 Å². The molecule has 0 saturated heterocycles. The Morgan fingerprint density at radius 1 is 1.32 bits per heavy atom. The summed E-state index contributed by atoms with van der Waals surface area (Å²) in [5, 5.41) is 0. The first kappa shape index (κ1) is 15.0. The molecule has 0 heterocycles. The SMILES string of the molecule is CCC(=O)[C@@H]1C[C@H]1C([Se]c1ccccc1)[Si](C)(C)C. The van der Waals surface area contributed by atoms with Crippen LogP contribution in [0.1, 0.15) is 19.8 Å². The van der Waals surface area contributed by atoms with Gasteiger partial charge in [0.15, 0.2) is 0 Å². The number of carbonyl (C=O) groups excluding carboxylic acids is 1. The molecule has 1 saturated carbocycles. The third-order valence-corrected chi connectivity index (χ3v) is 13.5. The number of rotatable bonds is 6. The average Bonchev–Trinajstić information content (AvgIpc) is 3.15. The van der Waals surface area contributed by atoms with E-state index < -0.39 is 8.07 Å². The molecule has 0 radical (unpaired) electrons. The van der Waals surface area contributed by atoms with Gasteiger partial charge in [-0.1, -0.05) is 0 Å². The Kier molecular flexibility index (Phi) is 4.70. The predicted molar refractivity (Wildman–Crippen MR) is 85.8 cm³/mol. The number of ketones is 1. The summed E-state index contributed by atoms with van der Waals surface area (Å²) in [5.74, 6) is 1.59. The number of hydrogen-bond acceptors (Lipinski definition) is 1. The van der Waals surface area contributed by atoms with Crippen LogP contribution in [-0.4, -0.2) is 28.8 Å². The van der Waals surface area contributed by atoms with Crippen LogP contribution in [0.4, 0.5) is 0 Å². The first-order chi connectivity index (χ1) is 8.93. The molecular formula is C16H24OSeSi. The molecule has 1 aliphatic carbocycles. The average molecular weight is 339 g/mol. The van der Waals surface area contributed by atoms with Gasteiger partial charge in [-0.2, -0.15) is 0 Å². The van der Waals surface area contributed by atoms with E-state index >= 15 is 0 Å². The van der Waals surface area contributed by atoms with E-state index in [-0.39, 0.29) is 0 Å². The summed E-state index contributed by atoms with van der Waals surface area (Å²) in [4.78, 5) is 11.9. The van der Waals surface area contributed by atoms with E-state index in [1.807, 2.05) is 6.92 Å². The van der Waals surface area contributed by atoms with Crippen LogP contribution in [0.15, 0.2) is 30.3 Å². The molecule has 0 amide bonds. The quantitative estimate of drug-likeness (QED) is 0.727. The zero-order chi connectivity index (χ0) is 14.0. The molecule has 1 nitrogen and oxygen atoms in total. The van der Waals surface area contributed by atoms with E-state index in [9.17, 15) is 4.79 Å². The molecule has 0 N–H and O–H groups in total. The zero-order valence-electron chi connectivity index (χ0n) is 12.3. The van der Waals surface area contributed by atoms with E-state index in [4.69, 9.17) is 0 Å². The van der Waals surface area contributed by atoms with Gasteiger partial charge < -0.3 is 0 Å². The minimum atomic E-state index is -1.19. The Hall–Kier alpha value is -0.374. The van der Waals surface area contributed by atoms with Crippen LogP contribution in [0.5, 0.6) is 0 Å². The molecule has 0 aromatic heterocycles. The number of Topliss-reactive ketones (excluding diaryl/α,β-unsaturated/α-hetero) is 1. The second-order valence-corrected chi connectivity index (χ2v) is 15.4. The van der Waals surface area contributed by atoms with Crippen LogP contribution < -0.4 is 4.46 Å². The number of benzene rings is 1. The van der Waals surface area contributed by atoms with Crippen molar-refractivity contribution >= 4 is 33.3 Å². The zero-order valence-corrected chi connectivity index (χ0v) is 15.1. The Labute approximate surface area is 124 Å². The summed E-state index contributed by atoms with van der Waals surface area (Å²) < 4.78 is 2.31. The summed E-state index contributed by atoms with van der Waals surface area (Å²) in [5.41, 5.74) is 0. The first-order valence-corrected chi connectivity index (χ1v) is 12.6. The Morgan fingerprint density at radius 3 is 2.47 bits per heavy atom. The Bertz CT molecular complexity index is 438. The van der Waals surface area contributed by atoms with E-state index in [0.29, 0.717) is 32.6 Å². The molecule has 1 fully saturated rings. The standard InChI is InChI=1S/C16H24OSeSi/c1-5-15(17)13-11-14(13)16(19(2,3)4)18-12-9-7-6-8-10-12/h6-10,13-14,16H,5,11H2,1-4H3/t13-,14-,16?/m1/s1. The van der Waals surface area contributed by atoms with Crippen molar-refractivity contribution in [3.63, 3.8) is 0 Å².